The van der Waals surface area contributed by atoms with E-state index in [4.69, 9.17) is 4.74 Å². The molecule has 0 atom stereocenters. The van der Waals surface area contributed by atoms with E-state index >= 15 is 0 Å². The highest BCUT2D eigenvalue weighted by molar-refractivity contribution is 7.92. The van der Waals surface area contributed by atoms with Crippen molar-refractivity contribution in [2.75, 3.05) is 10.0 Å². The molecular formula is C20H21N3O4S. The van der Waals surface area contributed by atoms with Crippen molar-refractivity contribution in [3.05, 3.63) is 66.9 Å². The molecule has 0 fully saturated rings. The number of aromatic nitrogens is 1. The van der Waals surface area contributed by atoms with Crippen LogP contribution in [0.1, 0.15) is 13.8 Å². The fraction of sp³-hybridized carbons (Fsp3) is 0.150. The van der Waals surface area contributed by atoms with Gasteiger partial charge >= 0.3 is 0 Å². The van der Waals surface area contributed by atoms with Crippen LogP contribution in [-0.2, 0) is 10.0 Å². The number of ether oxygens (including phenoxy) is 1. The van der Waals surface area contributed by atoms with Crippen LogP contribution in [-0.4, -0.2) is 24.6 Å². The topological polar surface area (TPSA) is 101 Å². The summed E-state index contributed by atoms with van der Waals surface area (Å²) in [5.74, 6) is 1.08. The third-order valence-electron chi connectivity index (χ3n) is 3.69. The second-order valence-electron chi connectivity index (χ2n) is 6.31. The van der Waals surface area contributed by atoms with E-state index in [0.29, 0.717) is 22.9 Å². The Labute approximate surface area is 164 Å². The summed E-state index contributed by atoms with van der Waals surface area (Å²) in [6.07, 6.45) is 1.56. The highest BCUT2D eigenvalue weighted by Crippen LogP contribution is 2.27. The molecule has 8 heteroatoms. The Balaban J connectivity index is 1.81. The molecule has 0 aliphatic rings. The third-order valence-corrected chi connectivity index (χ3v) is 5.07. The Morgan fingerprint density at radius 3 is 2.32 bits per heavy atom. The summed E-state index contributed by atoms with van der Waals surface area (Å²) in [5.41, 5.74) is 0.963. The normalized spacial score (nSPS) is 11.2. The van der Waals surface area contributed by atoms with Gasteiger partial charge in [0.1, 0.15) is 11.5 Å². The molecule has 1 heterocycles. The quantitative estimate of drug-likeness (QED) is 0.517. The van der Waals surface area contributed by atoms with Gasteiger partial charge in [-0.25, -0.2) is 13.4 Å². The van der Waals surface area contributed by atoms with Crippen LogP contribution in [0.4, 0.5) is 17.2 Å². The molecule has 0 aliphatic carbocycles. The average molecular weight is 399 g/mol. The van der Waals surface area contributed by atoms with E-state index in [1.165, 1.54) is 24.3 Å². The van der Waals surface area contributed by atoms with Crippen LogP contribution in [0.3, 0.4) is 0 Å². The van der Waals surface area contributed by atoms with Gasteiger partial charge in [0.25, 0.3) is 10.0 Å². The highest BCUT2D eigenvalue weighted by Gasteiger charge is 2.17. The van der Waals surface area contributed by atoms with E-state index < -0.39 is 10.0 Å². The predicted molar refractivity (Wildman–Crippen MR) is 109 cm³/mol. The second-order valence-corrected chi connectivity index (χ2v) is 8.00. The molecule has 0 bridgehead atoms. The van der Waals surface area contributed by atoms with E-state index in [0.717, 1.165) is 0 Å². The fourth-order valence-electron chi connectivity index (χ4n) is 2.44. The van der Waals surface area contributed by atoms with Gasteiger partial charge in [0, 0.05) is 11.9 Å². The van der Waals surface area contributed by atoms with Crippen molar-refractivity contribution >= 4 is 27.2 Å². The molecule has 0 unspecified atom stereocenters. The van der Waals surface area contributed by atoms with Crippen molar-refractivity contribution in [1.82, 2.24) is 4.98 Å². The molecule has 1 aromatic heterocycles. The Kier molecular flexibility index (Phi) is 5.70. The number of pyridine rings is 1. The number of hydrogen-bond donors (Lipinski definition) is 3. The van der Waals surface area contributed by atoms with Gasteiger partial charge in [0.15, 0.2) is 5.82 Å². The maximum atomic E-state index is 12.7. The van der Waals surface area contributed by atoms with Crippen LogP contribution in [0, 0.1) is 0 Å². The maximum Gasteiger partial charge on any atom is 0.262 e. The molecule has 3 rings (SSSR count). The molecular weight excluding hydrogens is 378 g/mol. The molecule has 0 spiro atoms. The minimum Gasteiger partial charge on any atom is -0.508 e. The number of phenols is 1. The van der Waals surface area contributed by atoms with E-state index in [1.54, 1.807) is 42.6 Å². The average Bonchev–Trinajstić information content (AvgIpc) is 2.65. The number of nitrogens with zero attached hydrogens (tertiary/aromatic N) is 1. The van der Waals surface area contributed by atoms with Crippen molar-refractivity contribution in [3.63, 3.8) is 0 Å². The van der Waals surface area contributed by atoms with Crippen molar-refractivity contribution in [3.8, 4) is 11.5 Å². The van der Waals surface area contributed by atoms with Crippen LogP contribution >= 0.6 is 0 Å². The van der Waals surface area contributed by atoms with Gasteiger partial charge in [-0.1, -0.05) is 0 Å². The van der Waals surface area contributed by atoms with Gasteiger partial charge in [-0.15, -0.1) is 0 Å². The van der Waals surface area contributed by atoms with Gasteiger partial charge in [-0.3, -0.25) is 4.72 Å². The van der Waals surface area contributed by atoms with Gasteiger partial charge in [-0.2, -0.15) is 0 Å². The number of benzene rings is 2. The molecule has 0 saturated carbocycles. The van der Waals surface area contributed by atoms with E-state index in [9.17, 15) is 13.5 Å². The second kappa shape index (κ2) is 8.18. The van der Waals surface area contributed by atoms with Crippen LogP contribution in [0.5, 0.6) is 11.5 Å². The molecule has 7 nitrogen and oxygen atoms in total. The third kappa shape index (κ3) is 4.92. The minimum absolute atomic E-state index is 0.00417. The van der Waals surface area contributed by atoms with E-state index in [2.05, 4.69) is 15.0 Å². The van der Waals surface area contributed by atoms with Crippen molar-refractivity contribution in [2.24, 2.45) is 0 Å². The number of sulfonamides is 1. The number of hydrogen-bond acceptors (Lipinski definition) is 6. The standard InChI is InChI=1S/C20H21N3O4S/c1-14(2)27-17-9-11-18(12-10-17)28(25,26)23-19-4-3-13-21-20(19)22-15-5-7-16(24)8-6-15/h3-14,23-24H,1-2H3,(H,21,22). The molecule has 0 saturated heterocycles. The Morgan fingerprint density at radius 2 is 1.68 bits per heavy atom. The van der Waals surface area contributed by atoms with Gasteiger partial charge in [0.05, 0.1) is 16.7 Å². The zero-order chi connectivity index (χ0) is 20.1. The number of aromatic hydroxyl groups is 1. The first-order valence-corrected chi connectivity index (χ1v) is 10.1. The highest BCUT2D eigenvalue weighted by atomic mass is 32.2. The smallest absolute Gasteiger partial charge is 0.262 e. The van der Waals surface area contributed by atoms with Gasteiger partial charge in [-0.05, 0) is 74.5 Å². The first-order valence-electron chi connectivity index (χ1n) is 8.64. The summed E-state index contributed by atoms with van der Waals surface area (Å²) in [6, 6.07) is 15.8. The summed E-state index contributed by atoms with van der Waals surface area (Å²) in [4.78, 5) is 4.31. The molecule has 146 valence electrons. The molecule has 2 aromatic carbocycles. The lowest BCUT2D eigenvalue weighted by Crippen LogP contribution is -2.14. The Morgan fingerprint density at radius 1 is 1.00 bits per heavy atom. The fourth-order valence-corrected chi connectivity index (χ4v) is 3.51. The zero-order valence-corrected chi connectivity index (χ0v) is 16.3. The number of anilines is 3. The van der Waals surface area contributed by atoms with Gasteiger partial charge < -0.3 is 15.2 Å². The number of nitrogens with one attached hydrogen (secondary N) is 2. The zero-order valence-electron chi connectivity index (χ0n) is 15.5. The first-order chi connectivity index (χ1) is 13.3. The van der Waals surface area contributed by atoms with E-state index in [1.807, 2.05) is 13.8 Å². The van der Waals surface area contributed by atoms with Gasteiger partial charge in [0.2, 0.25) is 0 Å². The molecule has 28 heavy (non-hydrogen) atoms. The maximum absolute atomic E-state index is 12.7. The lowest BCUT2D eigenvalue weighted by atomic mass is 10.3. The number of phenolic OH excluding ortho intramolecular Hbond substituents is 1. The molecule has 3 aromatic rings. The first kappa shape index (κ1) is 19.5. The monoisotopic (exact) mass is 399 g/mol. The molecule has 0 radical (unpaired) electrons. The van der Waals surface area contributed by atoms with Crippen LogP contribution < -0.4 is 14.8 Å². The predicted octanol–water partition coefficient (Wildman–Crippen LogP) is 4.12. The summed E-state index contributed by atoms with van der Waals surface area (Å²) in [7, 11) is -3.81. The van der Waals surface area contributed by atoms with Crippen LogP contribution in [0.25, 0.3) is 0 Å². The van der Waals surface area contributed by atoms with E-state index in [-0.39, 0.29) is 16.7 Å². The summed E-state index contributed by atoms with van der Waals surface area (Å²) >= 11 is 0. The van der Waals surface area contributed by atoms with Crippen molar-refractivity contribution in [2.45, 2.75) is 24.8 Å². The summed E-state index contributed by atoms with van der Waals surface area (Å²) in [5, 5.41) is 12.4. The van der Waals surface area contributed by atoms with Crippen molar-refractivity contribution in [1.29, 1.82) is 0 Å². The minimum atomic E-state index is -3.81. The van der Waals surface area contributed by atoms with Crippen LogP contribution in [0.15, 0.2) is 71.8 Å². The molecule has 0 aliphatic heterocycles. The lowest BCUT2D eigenvalue weighted by Gasteiger charge is -2.14. The SMILES string of the molecule is CC(C)Oc1ccc(S(=O)(=O)Nc2cccnc2Nc2ccc(O)cc2)cc1. The summed E-state index contributed by atoms with van der Waals surface area (Å²) in [6.45, 7) is 3.80. The van der Waals surface area contributed by atoms with Crippen LogP contribution in [0.2, 0.25) is 0 Å². The molecule has 3 N–H and O–H groups in total. The lowest BCUT2D eigenvalue weighted by molar-refractivity contribution is 0.242. The Bertz CT molecular complexity index is 1030. The molecule has 0 amide bonds. The summed E-state index contributed by atoms with van der Waals surface area (Å²) < 4.78 is 33.6. The van der Waals surface area contributed by atoms with Crippen molar-refractivity contribution < 1.29 is 18.3 Å². The Hall–Kier alpha value is -3.26. The number of rotatable bonds is 7. The largest absolute Gasteiger partial charge is 0.508 e.